The third-order valence-corrected chi connectivity index (χ3v) is 8.75. The number of imidazole rings is 1. The molecule has 2 aliphatic rings. The minimum atomic E-state index is -3.73. The number of aromatic nitrogens is 4. The Hall–Kier alpha value is -4.42. The molecular weight excluding hydrogens is 518 g/mol. The summed E-state index contributed by atoms with van der Waals surface area (Å²) in [4.78, 5) is 39.1. The summed E-state index contributed by atoms with van der Waals surface area (Å²) in [6.07, 6.45) is 8.80. The maximum atomic E-state index is 13.1. The molecule has 0 atom stereocenters. The number of likely N-dealkylation sites (tertiary alicyclic amines) is 1. The van der Waals surface area contributed by atoms with Gasteiger partial charge in [-0.25, -0.2) is 23.4 Å². The van der Waals surface area contributed by atoms with Crippen molar-refractivity contribution in [3.63, 3.8) is 0 Å². The van der Waals surface area contributed by atoms with E-state index in [1.807, 2.05) is 18.2 Å². The van der Waals surface area contributed by atoms with Crippen LogP contribution in [0.4, 0.5) is 5.69 Å². The molecule has 12 heteroatoms. The molecule has 4 aromatic rings. The molecule has 11 nitrogen and oxygen atoms in total. The number of piperidine rings is 1. The number of nitrogens with one attached hydrogen (secondary N) is 2. The molecule has 0 aliphatic carbocycles. The zero-order chi connectivity index (χ0) is 27.2. The van der Waals surface area contributed by atoms with Crippen molar-refractivity contribution >= 4 is 27.4 Å². The van der Waals surface area contributed by atoms with Crippen molar-refractivity contribution in [1.82, 2.24) is 29.1 Å². The van der Waals surface area contributed by atoms with Crippen LogP contribution in [0.15, 0.2) is 78.5 Å². The first-order valence-corrected chi connectivity index (χ1v) is 13.9. The van der Waals surface area contributed by atoms with Crippen LogP contribution in [0.1, 0.15) is 35.7 Å². The fourth-order valence-corrected chi connectivity index (χ4v) is 6.52. The zero-order valence-electron chi connectivity index (χ0n) is 21.0. The number of hydrogen-bond donors (Lipinski definition) is 2. The van der Waals surface area contributed by atoms with Gasteiger partial charge in [0.25, 0.3) is 0 Å². The molecule has 2 aromatic carbocycles. The molecule has 1 amide bonds. The van der Waals surface area contributed by atoms with Gasteiger partial charge in [-0.3, -0.25) is 14.2 Å². The van der Waals surface area contributed by atoms with Gasteiger partial charge in [0.1, 0.15) is 16.9 Å². The fourth-order valence-electron chi connectivity index (χ4n) is 5.00. The van der Waals surface area contributed by atoms with Gasteiger partial charge in [0.15, 0.2) is 5.78 Å². The van der Waals surface area contributed by atoms with Crippen molar-refractivity contribution in [2.45, 2.75) is 30.3 Å². The van der Waals surface area contributed by atoms with Crippen LogP contribution in [0.3, 0.4) is 0 Å². The standard InChI is InChI=1S/C27H25N7O4S/c1-18(35)33-11-8-27(9-12-33)31-23-14-21(6-7-24(23)39(37,38)32-27)19-2-4-20(5-3-19)25(36)22-15-29-26(30-16-22)34-13-10-28-17-34/h2-7,10,13-17,31-32H,8-9,11-12H2,1H3. The number of carbonyl (C=O) groups is 2. The molecule has 2 N–H and O–H groups in total. The van der Waals surface area contributed by atoms with Crippen LogP contribution >= 0.6 is 0 Å². The van der Waals surface area contributed by atoms with Crippen LogP contribution < -0.4 is 10.0 Å². The van der Waals surface area contributed by atoms with E-state index in [-0.39, 0.29) is 16.6 Å². The second-order valence-corrected chi connectivity index (χ2v) is 11.3. The second-order valence-electron chi connectivity index (χ2n) is 9.68. The quantitative estimate of drug-likeness (QED) is 0.375. The normalized spacial score (nSPS) is 17.3. The molecule has 4 heterocycles. The average Bonchev–Trinajstić information content (AvgIpc) is 3.48. The Morgan fingerprint density at radius 3 is 2.28 bits per heavy atom. The lowest BCUT2D eigenvalue weighted by Gasteiger charge is -2.45. The summed E-state index contributed by atoms with van der Waals surface area (Å²) in [5.41, 5.74) is 2.15. The number of carbonyl (C=O) groups excluding carboxylic acids is 2. The molecule has 2 aliphatic heterocycles. The largest absolute Gasteiger partial charge is 0.365 e. The first-order valence-electron chi connectivity index (χ1n) is 12.4. The summed E-state index contributed by atoms with van der Waals surface area (Å²) < 4.78 is 30.6. The minimum Gasteiger partial charge on any atom is -0.365 e. The summed E-state index contributed by atoms with van der Waals surface area (Å²) in [5, 5.41) is 3.40. The van der Waals surface area contributed by atoms with Crippen LogP contribution in [-0.4, -0.2) is 63.3 Å². The van der Waals surface area contributed by atoms with Crippen molar-refractivity contribution in [3.8, 4) is 17.1 Å². The molecule has 39 heavy (non-hydrogen) atoms. The number of fused-ring (bicyclic) bond motifs is 1. The molecule has 6 rings (SSSR count). The molecule has 0 radical (unpaired) electrons. The molecule has 1 fully saturated rings. The zero-order valence-corrected chi connectivity index (χ0v) is 21.9. The van der Waals surface area contributed by atoms with Gasteiger partial charge < -0.3 is 10.2 Å². The van der Waals surface area contributed by atoms with Crippen molar-refractivity contribution < 1.29 is 18.0 Å². The van der Waals surface area contributed by atoms with Gasteiger partial charge >= 0.3 is 0 Å². The van der Waals surface area contributed by atoms with E-state index in [2.05, 4.69) is 25.0 Å². The van der Waals surface area contributed by atoms with Gasteiger partial charge in [-0.05, 0) is 23.3 Å². The number of hydrogen-bond acceptors (Lipinski definition) is 8. The lowest BCUT2D eigenvalue weighted by atomic mass is 9.96. The predicted molar refractivity (Wildman–Crippen MR) is 143 cm³/mol. The predicted octanol–water partition coefficient (Wildman–Crippen LogP) is 2.60. The topological polar surface area (TPSA) is 139 Å². The highest BCUT2D eigenvalue weighted by Crippen LogP contribution is 2.37. The summed E-state index contributed by atoms with van der Waals surface area (Å²) in [6.45, 7) is 2.45. The number of anilines is 1. The van der Waals surface area contributed by atoms with E-state index in [0.717, 1.165) is 11.1 Å². The van der Waals surface area contributed by atoms with Crippen LogP contribution in [0.2, 0.25) is 0 Å². The van der Waals surface area contributed by atoms with E-state index < -0.39 is 15.7 Å². The Morgan fingerprint density at radius 2 is 1.64 bits per heavy atom. The molecule has 0 bridgehead atoms. The van der Waals surface area contributed by atoms with Crippen LogP contribution in [-0.2, 0) is 14.8 Å². The molecule has 0 saturated carbocycles. The van der Waals surface area contributed by atoms with E-state index in [1.54, 1.807) is 52.5 Å². The van der Waals surface area contributed by atoms with Crippen LogP contribution in [0.5, 0.6) is 0 Å². The number of sulfonamides is 1. The number of nitrogens with zero attached hydrogens (tertiary/aromatic N) is 5. The van der Waals surface area contributed by atoms with Crippen molar-refractivity contribution in [3.05, 3.63) is 84.7 Å². The van der Waals surface area contributed by atoms with Gasteiger partial charge in [0.2, 0.25) is 21.9 Å². The maximum absolute atomic E-state index is 13.1. The van der Waals surface area contributed by atoms with E-state index in [9.17, 15) is 18.0 Å². The van der Waals surface area contributed by atoms with Crippen LogP contribution in [0.25, 0.3) is 17.1 Å². The van der Waals surface area contributed by atoms with Crippen molar-refractivity contribution in [2.75, 3.05) is 18.4 Å². The summed E-state index contributed by atoms with van der Waals surface area (Å²) >= 11 is 0. The average molecular weight is 544 g/mol. The highest BCUT2D eigenvalue weighted by Gasteiger charge is 2.43. The maximum Gasteiger partial charge on any atom is 0.244 e. The van der Waals surface area contributed by atoms with E-state index in [0.29, 0.717) is 48.7 Å². The highest BCUT2D eigenvalue weighted by molar-refractivity contribution is 7.89. The Labute approximate surface area is 225 Å². The molecule has 0 unspecified atom stereocenters. The lowest BCUT2D eigenvalue weighted by molar-refractivity contribution is -0.130. The number of rotatable bonds is 4. The Kier molecular flexibility index (Phi) is 6.00. The minimum absolute atomic E-state index is 0.0212. The molecule has 198 valence electrons. The summed E-state index contributed by atoms with van der Waals surface area (Å²) in [5.74, 6) is 0.192. The van der Waals surface area contributed by atoms with Crippen molar-refractivity contribution in [1.29, 1.82) is 0 Å². The summed E-state index contributed by atoms with van der Waals surface area (Å²) in [6, 6.07) is 12.2. The van der Waals surface area contributed by atoms with Gasteiger partial charge in [0.05, 0.1) is 11.3 Å². The third-order valence-electron chi connectivity index (χ3n) is 7.15. The highest BCUT2D eigenvalue weighted by atomic mass is 32.2. The first-order chi connectivity index (χ1) is 18.7. The first kappa shape index (κ1) is 24.9. The van der Waals surface area contributed by atoms with Crippen molar-refractivity contribution in [2.24, 2.45) is 0 Å². The molecule has 1 spiro atoms. The smallest absolute Gasteiger partial charge is 0.244 e. The fraction of sp³-hybridized carbons (Fsp3) is 0.222. The van der Waals surface area contributed by atoms with Gasteiger partial charge in [-0.15, -0.1) is 0 Å². The summed E-state index contributed by atoms with van der Waals surface area (Å²) in [7, 11) is -3.73. The monoisotopic (exact) mass is 543 g/mol. The SMILES string of the molecule is CC(=O)N1CCC2(CC1)Nc1cc(-c3ccc(C(=O)c4cnc(-n5ccnc5)nc4)cc3)ccc1S(=O)(=O)N2. The Balaban J connectivity index is 1.22. The molecule has 1 saturated heterocycles. The molecule has 2 aromatic heterocycles. The van der Waals surface area contributed by atoms with Crippen LogP contribution in [0, 0.1) is 0 Å². The molecular formula is C27H25N7O4S. The van der Waals surface area contributed by atoms with E-state index in [1.165, 1.54) is 19.3 Å². The number of benzene rings is 2. The van der Waals surface area contributed by atoms with Gasteiger partial charge in [-0.1, -0.05) is 30.3 Å². The van der Waals surface area contributed by atoms with E-state index >= 15 is 0 Å². The second kappa shape index (κ2) is 9.40. The third kappa shape index (κ3) is 4.68. The Morgan fingerprint density at radius 1 is 0.949 bits per heavy atom. The Bertz CT molecular complexity index is 1660. The van der Waals surface area contributed by atoms with Gasteiger partial charge in [-0.2, -0.15) is 4.72 Å². The van der Waals surface area contributed by atoms with Gasteiger partial charge in [0, 0.05) is 63.2 Å². The number of ketones is 1. The van der Waals surface area contributed by atoms with E-state index in [4.69, 9.17) is 0 Å². The number of amides is 1. The lowest BCUT2D eigenvalue weighted by Crippen LogP contribution is -2.62.